The van der Waals surface area contributed by atoms with Gasteiger partial charge in [-0.2, -0.15) is 0 Å². The Hall–Kier alpha value is -0.0400. The van der Waals surface area contributed by atoms with Gasteiger partial charge in [-0.15, -0.1) is 0 Å². The highest BCUT2D eigenvalue weighted by Gasteiger charge is 2.16. The van der Waals surface area contributed by atoms with E-state index in [2.05, 4.69) is 39.6 Å². The third-order valence-corrected chi connectivity index (χ3v) is 2.70. The van der Waals surface area contributed by atoms with Gasteiger partial charge in [0.1, 0.15) is 0 Å². The average molecular weight is 185 g/mol. The molecule has 0 saturated heterocycles. The van der Waals surface area contributed by atoms with Gasteiger partial charge in [-0.25, -0.2) is 0 Å². The Morgan fingerprint density at radius 3 is 2.00 bits per heavy atom. The fourth-order valence-electron chi connectivity index (χ4n) is 1.79. The summed E-state index contributed by atoms with van der Waals surface area (Å²) in [5.74, 6) is 0. The third kappa shape index (κ3) is 7.06. The minimum Gasteiger partial charge on any atom is -0.306 e. The molecule has 0 aliphatic rings. The molecule has 0 radical (unpaired) electrons. The maximum Gasteiger partial charge on any atom is -0.00167 e. The Kier molecular flexibility index (Phi) is 6.40. The van der Waals surface area contributed by atoms with Crippen molar-refractivity contribution in [2.45, 2.75) is 53.4 Å². The Labute approximate surface area is 84.5 Å². The lowest BCUT2D eigenvalue weighted by molar-refractivity contribution is 0.235. The quantitative estimate of drug-likeness (QED) is 0.586. The summed E-state index contributed by atoms with van der Waals surface area (Å²) in [5, 5.41) is 0. The van der Waals surface area contributed by atoms with Gasteiger partial charge < -0.3 is 4.90 Å². The zero-order valence-corrected chi connectivity index (χ0v) is 10.2. The summed E-state index contributed by atoms with van der Waals surface area (Å²) in [5.41, 5.74) is 0.538. The predicted molar refractivity (Wildman–Crippen MR) is 61.1 cm³/mol. The van der Waals surface area contributed by atoms with Crippen molar-refractivity contribution in [3.63, 3.8) is 0 Å². The van der Waals surface area contributed by atoms with E-state index in [4.69, 9.17) is 0 Å². The molecule has 0 amide bonds. The predicted octanol–water partition coefficient (Wildman–Crippen LogP) is 3.54. The first-order valence-electron chi connectivity index (χ1n) is 5.70. The lowest BCUT2D eigenvalue weighted by Crippen LogP contribution is -2.25. The van der Waals surface area contributed by atoms with Gasteiger partial charge in [-0.05, 0) is 44.8 Å². The molecule has 0 aromatic rings. The fourth-order valence-corrected chi connectivity index (χ4v) is 1.79. The van der Waals surface area contributed by atoms with Crippen molar-refractivity contribution in [3.8, 4) is 0 Å². The molecule has 0 heterocycles. The van der Waals surface area contributed by atoms with E-state index >= 15 is 0 Å². The van der Waals surface area contributed by atoms with Crippen LogP contribution in [-0.4, -0.2) is 25.0 Å². The largest absolute Gasteiger partial charge is 0.306 e. The molecule has 0 bridgehead atoms. The molecule has 0 aromatic carbocycles. The minimum atomic E-state index is 0.538. The van der Waals surface area contributed by atoms with Crippen LogP contribution < -0.4 is 0 Å². The van der Waals surface area contributed by atoms with Gasteiger partial charge in [0, 0.05) is 0 Å². The Balaban J connectivity index is 3.60. The molecule has 0 spiro atoms. The molecule has 0 atom stereocenters. The third-order valence-electron chi connectivity index (χ3n) is 2.70. The van der Waals surface area contributed by atoms with E-state index in [0.717, 1.165) is 0 Å². The van der Waals surface area contributed by atoms with Crippen molar-refractivity contribution in [1.82, 2.24) is 4.90 Å². The molecular weight excluding hydrogens is 158 g/mol. The number of hydrogen-bond acceptors (Lipinski definition) is 1. The average Bonchev–Trinajstić information content (AvgIpc) is 2.02. The van der Waals surface area contributed by atoms with Crippen LogP contribution >= 0.6 is 0 Å². The van der Waals surface area contributed by atoms with Gasteiger partial charge in [0.2, 0.25) is 0 Å². The standard InChI is InChI=1S/C12H27N/c1-6-8-12(3,4)9-11-13(5)10-7-2/h6-11H2,1-5H3. The second-order valence-electron chi connectivity index (χ2n) is 4.97. The van der Waals surface area contributed by atoms with Crippen molar-refractivity contribution < 1.29 is 0 Å². The normalized spacial score (nSPS) is 12.5. The van der Waals surface area contributed by atoms with Crippen LogP contribution in [0.2, 0.25) is 0 Å². The fraction of sp³-hybridized carbons (Fsp3) is 1.00. The first-order chi connectivity index (χ1) is 6.02. The highest BCUT2D eigenvalue weighted by Crippen LogP contribution is 2.26. The maximum absolute atomic E-state index is 2.44. The van der Waals surface area contributed by atoms with Crippen molar-refractivity contribution in [2.75, 3.05) is 20.1 Å². The lowest BCUT2D eigenvalue weighted by Gasteiger charge is -2.27. The molecule has 80 valence electrons. The number of rotatable bonds is 7. The van der Waals surface area contributed by atoms with E-state index < -0.39 is 0 Å². The van der Waals surface area contributed by atoms with Gasteiger partial charge in [0.15, 0.2) is 0 Å². The van der Waals surface area contributed by atoms with Crippen LogP contribution in [-0.2, 0) is 0 Å². The van der Waals surface area contributed by atoms with Crippen LogP contribution in [0.5, 0.6) is 0 Å². The summed E-state index contributed by atoms with van der Waals surface area (Å²) in [4.78, 5) is 2.44. The van der Waals surface area contributed by atoms with Crippen molar-refractivity contribution in [1.29, 1.82) is 0 Å². The molecule has 1 nitrogen and oxygen atoms in total. The summed E-state index contributed by atoms with van der Waals surface area (Å²) in [7, 11) is 2.23. The lowest BCUT2D eigenvalue weighted by atomic mass is 9.84. The molecule has 0 rings (SSSR count). The summed E-state index contributed by atoms with van der Waals surface area (Å²) >= 11 is 0. The molecule has 0 fully saturated rings. The van der Waals surface area contributed by atoms with Crippen LogP contribution in [0.15, 0.2) is 0 Å². The zero-order valence-electron chi connectivity index (χ0n) is 10.2. The van der Waals surface area contributed by atoms with E-state index in [1.807, 2.05) is 0 Å². The molecule has 1 heteroatoms. The smallest absolute Gasteiger partial charge is 0.00167 e. The first-order valence-corrected chi connectivity index (χ1v) is 5.70. The van der Waals surface area contributed by atoms with E-state index in [1.165, 1.54) is 38.8 Å². The zero-order chi connectivity index (χ0) is 10.3. The summed E-state index contributed by atoms with van der Waals surface area (Å²) < 4.78 is 0. The molecule has 0 N–H and O–H groups in total. The Morgan fingerprint density at radius 1 is 0.923 bits per heavy atom. The summed E-state index contributed by atoms with van der Waals surface area (Å²) in [6.45, 7) is 11.8. The Bertz CT molecular complexity index is 118. The highest BCUT2D eigenvalue weighted by molar-refractivity contribution is 4.69. The molecule has 0 aliphatic heterocycles. The topological polar surface area (TPSA) is 3.24 Å². The summed E-state index contributed by atoms with van der Waals surface area (Å²) in [6, 6.07) is 0. The first kappa shape index (κ1) is 13.0. The van der Waals surface area contributed by atoms with Crippen molar-refractivity contribution in [3.05, 3.63) is 0 Å². The Morgan fingerprint density at radius 2 is 1.54 bits per heavy atom. The minimum absolute atomic E-state index is 0.538. The van der Waals surface area contributed by atoms with Crippen LogP contribution in [0.4, 0.5) is 0 Å². The molecular formula is C12H27N. The SMILES string of the molecule is CCCN(C)CCC(C)(C)CCC. The van der Waals surface area contributed by atoms with Crippen LogP contribution in [0.1, 0.15) is 53.4 Å². The van der Waals surface area contributed by atoms with E-state index in [1.54, 1.807) is 0 Å². The van der Waals surface area contributed by atoms with Gasteiger partial charge in [0.05, 0.1) is 0 Å². The molecule has 13 heavy (non-hydrogen) atoms. The molecule has 0 aliphatic carbocycles. The van der Waals surface area contributed by atoms with Crippen LogP contribution in [0.3, 0.4) is 0 Å². The van der Waals surface area contributed by atoms with E-state index in [9.17, 15) is 0 Å². The monoisotopic (exact) mass is 185 g/mol. The van der Waals surface area contributed by atoms with Crippen molar-refractivity contribution in [2.24, 2.45) is 5.41 Å². The van der Waals surface area contributed by atoms with Gasteiger partial charge >= 0.3 is 0 Å². The maximum atomic E-state index is 2.44. The highest BCUT2D eigenvalue weighted by atomic mass is 15.1. The van der Waals surface area contributed by atoms with Gasteiger partial charge in [-0.1, -0.05) is 34.1 Å². The van der Waals surface area contributed by atoms with Crippen molar-refractivity contribution >= 4 is 0 Å². The second-order valence-corrected chi connectivity index (χ2v) is 4.97. The second kappa shape index (κ2) is 6.42. The molecule has 0 unspecified atom stereocenters. The summed E-state index contributed by atoms with van der Waals surface area (Å²) in [6.07, 6.45) is 5.26. The van der Waals surface area contributed by atoms with E-state index in [0.29, 0.717) is 5.41 Å². The van der Waals surface area contributed by atoms with Crippen LogP contribution in [0, 0.1) is 5.41 Å². The van der Waals surface area contributed by atoms with Gasteiger partial charge in [-0.3, -0.25) is 0 Å². The molecule has 0 saturated carbocycles. The van der Waals surface area contributed by atoms with Crippen LogP contribution in [0.25, 0.3) is 0 Å². The number of nitrogens with zero attached hydrogens (tertiary/aromatic N) is 1. The number of hydrogen-bond donors (Lipinski definition) is 0. The van der Waals surface area contributed by atoms with Gasteiger partial charge in [0.25, 0.3) is 0 Å². The molecule has 0 aromatic heterocycles. The van der Waals surface area contributed by atoms with E-state index in [-0.39, 0.29) is 0 Å².